The van der Waals surface area contributed by atoms with Gasteiger partial charge in [-0.3, -0.25) is 0 Å². The van der Waals surface area contributed by atoms with Crippen LogP contribution in [0.2, 0.25) is 0 Å². The Kier molecular flexibility index (Phi) is 4.59. The van der Waals surface area contributed by atoms with Crippen molar-refractivity contribution in [3.63, 3.8) is 0 Å². The zero-order chi connectivity index (χ0) is 12.1. The van der Waals surface area contributed by atoms with Crippen molar-refractivity contribution in [2.24, 2.45) is 13.0 Å². The van der Waals surface area contributed by atoms with Crippen LogP contribution in [0.15, 0.2) is 18.5 Å². The summed E-state index contributed by atoms with van der Waals surface area (Å²) in [6, 6.07) is 2.07. The molecule has 0 spiro atoms. The van der Waals surface area contributed by atoms with Gasteiger partial charge in [-0.2, -0.15) is 0 Å². The van der Waals surface area contributed by atoms with E-state index in [9.17, 15) is 5.11 Å². The molecule has 1 unspecified atom stereocenters. The highest BCUT2D eigenvalue weighted by Gasteiger charge is 2.21. The molecule has 4 heteroatoms. The third-order valence-corrected chi connectivity index (χ3v) is 2.96. The number of rotatable bonds is 8. The average molecular weight is 238 g/mol. The molecule has 17 heavy (non-hydrogen) atoms. The van der Waals surface area contributed by atoms with E-state index in [2.05, 4.69) is 17.6 Å². The Balaban J connectivity index is 1.51. The van der Waals surface area contributed by atoms with Crippen molar-refractivity contribution in [2.45, 2.75) is 25.5 Å². The van der Waals surface area contributed by atoms with Gasteiger partial charge in [-0.25, -0.2) is 0 Å². The highest BCUT2D eigenvalue weighted by atomic mass is 16.5. The van der Waals surface area contributed by atoms with Crippen LogP contribution in [0.25, 0.3) is 0 Å². The smallest absolute Gasteiger partial charge is 0.0897 e. The maximum absolute atomic E-state index is 9.67. The second-order valence-corrected chi connectivity index (χ2v) is 4.95. The number of nitrogens with one attached hydrogen (secondary N) is 1. The summed E-state index contributed by atoms with van der Waals surface area (Å²) in [4.78, 5) is 0. The van der Waals surface area contributed by atoms with Gasteiger partial charge in [0.15, 0.2) is 0 Å². The molecule has 1 aromatic rings. The van der Waals surface area contributed by atoms with Crippen molar-refractivity contribution in [1.82, 2.24) is 9.88 Å². The molecular formula is C13H22N2O2. The van der Waals surface area contributed by atoms with E-state index < -0.39 is 6.10 Å². The predicted molar refractivity (Wildman–Crippen MR) is 66.7 cm³/mol. The third kappa shape index (κ3) is 4.89. The van der Waals surface area contributed by atoms with Crippen molar-refractivity contribution in [3.8, 4) is 0 Å². The molecule has 1 aliphatic rings. The summed E-state index contributed by atoms with van der Waals surface area (Å²) < 4.78 is 7.45. The van der Waals surface area contributed by atoms with Gasteiger partial charge >= 0.3 is 0 Å². The van der Waals surface area contributed by atoms with Crippen molar-refractivity contribution >= 4 is 0 Å². The lowest BCUT2D eigenvalue weighted by Crippen LogP contribution is -2.30. The Labute approximate surface area is 103 Å². The Morgan fingerprint density at radius 3 is 3.06 bits per heavy atom. The molecule has 96 valence electrons. The molecule has 1 atom stereocenters. The largest absolute Gasteiger partial charge is 0.389 e. The minimum absolute atomic E-state index is 0.405. The van der Waals surface area contributed by atoms with Crippen LogP contribution in [-0.2, 0) is 18.3 Å². The van der Waals surface area contributed by atoms with Crippen molar-refractivity contribution < 1.29 is 9.84 Å². The number of hydrogen-bond donors (Lipinski definition) is 2. The molecular weight excluding hydrogens is 216 g/mol. The van der Waals surface area contributed by atoms with E-state index in [1.165, 1.54) is 18.4 Å². The molecule has 0 amide bonds. The van der Waals surface area contributed by atoms with Gasteiger partial charge in [-0.05, 0) is 30.4 Å². The van der Waals surface area contributed by atoms with Gasteiger partial charge in [0.25, 0.3) is 0 Å². The number of hydrogen-bond acceptors (Lipinski definition) is 3. The Hall–Kier alpha value is -0.840. The Bertz CT molecular complexity index is 334. The van der Waals surface area contributed by atoms with E-state index in [-0.39, 0.29) is 0 Å². The van der Waals surface area contributed by atoms with Gasteiger partial charge < -0.3 is 19.7 Å². The zero-order valence-corrected chi connectivity index (χ0v) is 10.4. The molecule has 4 nitrogen and oxygen atoms in total. The van der Waals surface area contributed by atoms with Gasteiger partial charge in [0.1, 0.15) is 0 Å². The van der Waals surface area contributed by atoms with Crippen molar-refractivity contribution in [2.75, 3.05) is 19.8 Å². The highest BCUT2D eigenvalue weighted by molar-refractivity contribution is 5.09. The van der Waals surface area contributed by atoms with E-state index in [0.29, 0.717) is 13.2 Å². The molecule has 0 aliphatic heterocycles. The van der Waals surface area contributed by atoms with Crippen LogP contribution >= 0.6 is 0 Å². The quantitative estimate of drug-likeness (QED) is 0.707. The standard InChI is InChI=1S/C13H22N2O2/c1-15-5-4-12(8-15)6-14-7-13(16)10-17-9-11-2-3-11/h4-5,8,11,13-14,16H,2-3,6-7,9-10H2,1H3. The van der Waals surface area contributed by atoms with Gasteiger partial charge in [0, 0.05) is 39.1 Å². The molecule has 1 heterocycles. The summed E-state index contributed by atoms with van der Waals surface area (Å²) in [5.41, 5.74) is 1.23. The van der Waals surface area contributed by atoms with E-state index in [1.54, 1.807) is 0 Å². The molecule has 0 saturated heterocycles. The lowest BCUT2D eigenvalue weighted by molar-refractivity contribution is 0.0324. The zero-order valence-electron chi connectivity index (χ0n) is 10.4. The van der Waals surface area contributed by atoms with Crippen molar-refractivity contribution in [1.29, 1.82) is 0 Å². The summed E-state index contributed by atoms with van der Waals surface area (Å²) in [5, 5.41) is 12.9. The average Bonchev–Trinajstić information content (AvgIpc) is 3.02. The van der Waals surface area contributed by atoms with Crippen LogP contribution < -0.4 is 5.32 Å². The fourth-order valence-electron chi connectivity index (χ4n) is 1.76. The number of nitrogens with zero attached hydrogens (tertiary/aromatic N) is 1. The van der Waals surface area contributed by atoms with E-state index >= 15 is 0 Å². The number of aliphatic hydroxyl groups excluding tert-OH is 1. The lowest BCUT2D eigenvalue weighted by Gasteiger charge is -2.11. The first-order chi connectivity index (χ1) is 8.24. The summed E-state index contributed by atoms with van der Waals surface area (Å²) in [7, 11) is 2.00. The summed E-state index contributed by atoms with van der Waals surface area (Å²) >= 11 is 0. The van der Waals surface area contributed by atoms with Gasteiger partial charge in [-0.15, -0.1) is 0 Å². The fourth-order valence-corrected chi connectivity index (χ4v) is 1.76. The lowest BCUT2D eigenvalue weighted by atomic mass is 10.3. The third-order valence-electron chi connectivity index (χ3n) is 2.96. The van der Waals surface area contributed by atoms with E-state index in [1.807, 2.05) is 17.8 Å². The second kappa shape index (κ2) is 6.19. The molecule has 0 aromatic carbocycles. The fraction of sp³-hybridized carbons (Fsp3) is 0.692. The van der Waals surface area contributed by atoms with Crippen LogP contribution in [0.1, 0.15) is 18.4 Å². The van der Waals surface area contributed by atoms with Gasteiger partial charge in [0.05, 0.1) is 12.7 Å². The van der Waals surface area contributed by atoms with E-state index in [0.717, 1.165) is 19.1 Å². The maximum Gasteiger partial charge on any atom is 0.0897 e. The van der Waals surface area contributed by atoms with E-state index in [4.69, 9.17) is 4.74 Å². The monoisotopic (exact) mass is 238 g/mol. The number of aliphatic hydroxyl groups is 1. The predicted octanol–water partition coefficient (Wildman–Crippen LogP) is 0.902. The summed E-state index contributed by atoms with van der Waals surface area (Å²) in [6.45, 7) is 2.63. The molecule has 1 aliphatic carbocycles. The van der Waals surface area contributed by atoms with Gasteiger partial charge in [-0.1, -0.05) is 0 Å². The molecule has 2 rings (SSSR count). The van der Waals surface area contributed by atoms with Crippen LogP contribution in [-0.4, -0.2) is 35.5 Å². The van der Waals surface area contributed by atoms with Crippen LogP contribution in [0.5, 0.6) is 0 Å². The molecule has 1 saturated carbocycles. The summed E-state index contributed by atoms with van der Waals surface area (Å²) in [5.74, 6) is 0.763. The molecule has 1 aromatic heterocycles. The molecule has 2 N–H and O–H groups in total. The van der Waals surface area contributed by atoms with Crippen LogP contribution in [0.3, 0.4) is 0 Å². The first kappa shape index (κ1) is 12.6. The molecule has 1 fully saturated rings. The first-order valence-electron chi connectivity index (χ1n) is 6.31. The molecule has 0 radical (unpaired) electrons. The van der Waals surface area contributed by atoms with Gasteiger partial charge in [0.2, 0.25) is 0 Å². The topological polar surface area (TPSA) is 46.4 Å². The summed E-state index contributed by atoms with van der Waals surface area (Å²) in [6.07, 6.45) is 6.28. The number of aryl methyl sites for hydroxylation is 1. The minimum Gasteiger partial charge on any atom is -0.389 e. The number of aromatic nitrogens is 1. The molecule has 0 bridgehead atoms. The van der Waals surface area contributed by atoms with Crippen LogP contribution in [0.4, 0.5) is 0 Å². The second-order valence-electron chi connectivity index (χ2n) is 4.95. The van der Waals surface area contributed by atoms with Crippen molar-refractivity contribution in [3.05, 3.63) is 24.0 Å². The SMILES string of the molecule is Cn1ccc(CNCC(O)COCC2CC2)c1. The Morgan fingerprint density at radius 2 is 2.41 bits per heavy atom. The van der Waals surface area contributed by atoms with Crippen LogP contribution in [0, 0.1) is 5.92 Å². The normalized spacial score (nSPS) is 17.3. The first-order valence-corrected chi connectivity index (χ1v) is 6.31. The minimum atomic E-state index is -0.405. The number of ether oxygens (including phenoxy) is 1. The maximum atomic E-state index is 9.67. The highest BCUT2D eigenvalue weighted by Crippen LogP contribution is 2.28. The Morgan fingerprint density at radius 1 is 1.59 bits per heavy atom.